The number of rotatable bonds is 3. The Hall–Kier alpha value is -1.09. The third-order valence-electron chi connectivity index (χ3n) is 3.47. The summed E-state index contributed by atoms with van der Waals surface area (Å²) in [5, 5.41) is 6.67. The molecule has 0 aromatic carbocycles. The van der Waals surface area contributed by atoms with Crippen LogP contribution in [0.3, 0.4) is 0 Å². The largest absolute Gasteiger partial charge is 0.408 e. The third-order valence-corrected chi connectivity index (χ3v) is 4.24. The molecule has 1 aliphatic rings. The predicted molar refractivity (Wildman–Crippen MR) is 76.1 cm³/mol. The Labute approximate surface area is 127 Å². The average Bonchev–Trinajstić information content (AvgIpc) is 2.39. The van der Waals surface area contributed by atoms with Crippen LogP contribution in [-0.4, -0.2) is 28.0 Å². The molecule has 0 aliphatic heterocycles. The maximum Gasteiger partial charge on any atom is 0.408 e. The van der Waals surface area contributed by atoms with E-state index >= 15 is 0 Å². The second-order valence-corrected chi connectivity index (χ2v) is 5.94. The van der Waals surface area contributed by atoms with E-state index in [1.54, 1.807) is 0 Å². The van der Waals surface area contributed by atoms with Gasteiger partial charge in [0.15, 0.2) is 0 Å². The van der Waals surface area contributed by atoms with Gasteiger partial charge in [-0.1, -0.05) is 12.8 Å². The van der Waals surface area contributed by atoms with E-state index in [4.69, 9.17) is 5.73 Å². The third kappa shape index (κ3) is 4.19. The summed E-state index contributed by atoms with van der Waals surface area (Å²) in [5.41, 5.74) is 5.56. The molecule has 0 spiro atoms. The molecule has 1 saturated carbocycles. The number of hydrogen-bond donors (Lipinski definition) is 2. The van der Waals surface area contributed by atoms with E-state index in [-0.39, 0.29) is 16.6 Å². The molecule has 0 radical (unpaired) electrons. The van der Waals surface area contributed by atoms with E-state index in [2.05, 4.69) is 26.3 Å². The number of hydrogen-bond acceptors (Lipinski definition) is 4. The van der Waals surface area contributed by atoms with Gasteiger partial charge in [-0.2, -0.15) is 18.3 Å². The van der Waals surface area contributed by atoms with E-state index in [1.807, 2.05) is 0 Å². The summed E-state index contributed by atoms with van der Waals surface area (Å²) >= 11 is 3.04. The molecular formula is C12H16BrF3N4O. The van der Waals surface area contributed by atoms with Crippen molar-refractivity contribution in [2.75, 3.05) is 5.32 Å². The molecule has 9 heteroatoms. The van der Waals surface area contributed by atoms with Gasteiger partial charge in [-0.25, -0.2) is 4.68 Å². The molecule has 1 aromatic heterocycles. The molecule has 1 fully saturated rings. The van der Waals surface area contributed by atoms with E-state index in [1.165, 1.54) is 6.20 Å². The van der Waals surface area contributed by atoms with Crippen molar-refractivity contribution < 1.29 is 13.2 Å². The van der Waals surface area contributed by atoms with Crippen LogP contribution in [0.2, 0.25) is 0 Å². The lowest BCUT2D eigenvalue weighted by atomic mass is 9.91. The lowest BCUT2D eigenvalue weighted by Gasteiger charge is -2.30. The minimum Gasteiger partial charge on any atom is -0.378 e. The normalized spacial score (nSPS) is 23.1. The maximum absolute atomic E-state index is 12.3. The first kappa shape index (κ1) is 16.3. The molecule has 1 aliphatic carbocycles. The van der Waals surface area contributed by atoms with Gasteiger partial charge in [0.1, 0.15) is 11.0 Å². The molecule has 0 amide bonds. The van der Waals surface area contributed by atoms with Crippen molar-refractivity contribution in [1.82, 2.24) is 9.78 Å². The van der Waals surface area contributed by atoms with Crippen molar-refractivity contribution >= 4 is 21.6 Å². The van der Waals surface area contributed by atoms with Gasteiger partial charge >= 0.3 is 6.18 Å². The van der Waals surface area contributed by atoms with Gasteiger partial charge in [-0.3, -0.25) is 4.79 Å². The van der Waals surface area contributed by atoms with Crippen molar-refractivity contribution in [2.24, 2.45) is 5.73 Å². The van der Waals surface area contributed by atoms with Crippen molar-refractivity contribution in [1.29, 1.82) is 0 Å². The topological polar surface area (TPSA) is 72.9 Å². The molecule has 0 unspecified atom stereocenters. The highest BCUT2D eigenvalue weighted by molar-refractivity contribution is 9.10. The number of alkyl halides is 3. The standard InChI is InChI=1S/C12H16BrF3N4O/c13-10-9(19-8-4-2-1-3-7(8)17)5-18-20(11(10)21)6-12(14,15)16/h5,7-8,19H,1-4,6,17H2/t7-,8-/m1/s1. The highest BCUT2D eigenvalue weighted by Crippen LogP contribution is 2.24. The van der Waals surface area contributed by atoms with Gasteiger partial charge in [0, 0.05) is 12.1 Å². The van der Waals surface area contributed by atoms with E-state index in [9.17, 15) is 18.0 Å². The number of nitrogens with two attached hydrogens (primary N) is 1. The highest BCUT2D eigenvalue weighted by Gasteiger charge is 2.30. The zero-order valence-corrected chi connectivity index (χ0v) is 12.7. The number of nitrogens with one attached hydrogen (secondary N) is 1. The lowest BCUT2D eigenvalue weighted by Crippen LogP contribution is -2.43. The molecule has 2 rings (SSSR count). The Morgan fingerprint density at radius 2 is 2.10 bits per heavy atom. The fourth-order valence-corrected chi connectivity index (χ4v) is 2.81. The first-order valence-corrected chi connectivity index (χ1v) is 7.42. The molecule has 5 nitrogen and oxygen atoms in total. The zero-order chi connectivity index (χ0) is 15.6. The number of anilines is 1. The summed E-state index contributed by atoms with van der Waals surface area (Å²) in [7, 11) is 0. The molecule has 1 heterocycles. The van der Waals surface area contributed by atoms with Gasteiger partial charge in [0.05, 0.1) is 11.9 Å². The van der Waals surface area contributed by atoms with Gasteiger partial charge in [0.25, 0.3) is 5.56 Å². The molecule has 2 atom stereocenters. The molecule has 1 aromatic rings. The van der Waals surface area contributed by atoms with E-state index in [0.717, 1.165) is 25.7 Å². The Morgan fingerprint density at radius 3 is 2.71 bits per heavy atom. The minimum absolute atomic E-state index is 0.00489. The van der Waals surface area contributed by atoms with Crippen LogP contribution in [0.25, 0.3) is 0 Å². The second kappa shape index (κ2) is 6.35. The van der Waals surface area contributed by atoms with Gasteiger partial charge in [-0.15, -0.1) is 0 Å². The lowest BCUT2D eigenvalue weighted by molar-refractivity contribution is -0.143. The number of halogens is 4. The van der Waals surface area contributed by atoms with E-state index in [0.29, 0.717) is 10.4 Å². The molecule has 118 valence electrons. The Balaban J connectivity index is 2.18. The molecule has 0 bridgehead atoms. The van der Waals surface area contributed by atoms with Crippen LogP contribution in [0.4, 0.5) is 18.9 Å². The molecule has 21 heavy (non-hydrogen) atoms. The number of nitrogens with zero attached hydrogens (tertiary/aromatic N) is 2. The SMILES string of the molecule is N[C@@H]1CCCC[C@H]1Nc1cnn(CC(F)(F)F)c(=O)c1Br. The van der Waals surface area contributed by atoms with Crippen LogP contribution in [0, 0.1) is 0 Å². The zero-order valence-electron chi connectivity index (χ0n) is 11.2. The van der Waals surface area contributed by atoms with E-state index < -0.39 is 18.3 Å². The quantitative estimate of drug-likeness (QED) is 0.857. The van der Waals surface area contributed by atoms with Crippen LogP contribution >= 0.6 is 15.9 Å². The molecule has 0 saturated heterocycles. The average molecular weight is 369 g/mol. The van der Waals surface area contributed by atoms with Crippen LogP contribution in [0.5, 0.6) is 0 Å². The van der Waals surface area contributed by atoms with Crippen LogP contribution < -0.4 is 16.6 Å². The molecule has 3 N–H and O–H groups in total. The van der Waals surface area contributed by atoms with Gasteiger partial charge < -0.3 is 11.1 Å². The van der Waals surface area contributed by atoms with Crippen molar-refractivity contribution in [3.63, 3.8) is 0 Å². The van der Waals surface area contributed by atoms with Gasteiger partial charge in [-0.05, 0) is 28.8 Å². The maximum atomic E-state index is 12.3. The highest BCUT2D eigenvalue weighted by atomic mass is 79.9. The smallest absolute Gasteiger partial charge is 0.378 e. The Morgan fingerprint density at radius 1 is 1.43 bits per heavy atom. The number of aromatic nitrogens is 2. The summed E-state index contributed by atoms with van der Waals surface area (Å²) in [6.07, 6.45) is 0.566. The summed E-state index contributed by atoms with van der Waals surface area (Å²) in [5.74, 6) is 0. The van der Waals surface area contributed by atoms with Crippen LogP contribution in [0.15, 0.2) is 15.5 Å². The Kier molecular flexibility index (Phi) is 4.92. The van der Waals surface area contributed by atoms with Crippen LogP contribution in [0.1, 0.15) is 25.7 Å². The summed E-state index contributed by atoms with van der Waals surface area (Å²) in [6.45, 7) is -1.41. The second-order valence-electron chi connectivity index (χ2n) is 5.15. The minimum atomic E-state index is -4.49. The summed E-state index contributed by atoms with van der Waals surface area (Å²) in [6, 6.07) is -0.0435. The fourth-order valence-electron chi connectivity index (χ4n) is 2.39. The van der Waals surface area contributed by atoms with Crippen LogP contribution in [-0.2, 0) is 6.54 Å². The summed E-state index contributed by atoms with van der Waals surface area (Å²) < 4.78 is 37.4. The Bertz CT molecular complexity index is 560. The van der Waals surface area contributed by atoms with Crippen molar-refractivity contribution in [3.8, 4) is 0 Å². The summed E-state index contributed by atoms with van der Waals surface area (Å²) in [4.78, 5) is 11.9. The monoisotopic (exact) mass is 368 g/mol. The molecular weight excluding hydrogens is 353 g/mol. The van der Waals surface area contributed by atoms with Crippen molar-refractivity contribution in [2.45, 2.75) is 50.5 Å². The predicted octanol–water partition coefficient (Wildman–Crippen LogP) is 2.25. The van der Waals surface area contributed by atoms with Gasteiger partial charge in [0.2, 0.25) is 0 Å². The van der Waals surface area contributed by atoms with Crippen molar-refractivity contribution in [3.05, 3.63) is 21.0 Å². The first-order chi connectivity index (χ1) is 9.78. The fraction of sp³-hybridized carbons (Fsp3) is 0.667. The first-order valence-electron chi connectivity index (χ1n) is 6.62.